The first-order valence-corrected chi connectivity index (χ1v) is 13.9. The van der Waals surface area contributed by atoms with Crippen molar-refractivity contribution in [1.82, 2.24) is 10.6 Å². The molecule has 0 heterocycles. The van der Waals surface area contributed by atoms with Gasteiger partial charge in [-0.1, -0.05) is 105 Å². The number of ether oxygens (including phenoxy) is 2. The molecule has 4 N–H and O–H groups in total. The summed E-state index contributed by atoms with van der Waals surface area (Å²) in [6, 6.07) is 17.2. The first kappa shape index (κ1) is 32.6. The van der Waals surface area contributed by atoms with Crippen molar-refractivity contribution in [3.05, 3.63) is 82.8 Å². The minimum atomic E-state index is -2.14. The van der Waals surface area contributed by atoms with Gasteiger partial charge in [0.25, 0.3) is 0 Å². The lowest BCUT2D eigenvalue weighted by Gasteiger charge is -2.29. The molecule has 0 radical (unpaired) electrons. The highest BCUT2D eigenvalue weighted by atomic mass is 35.6. The maximum absolute atomic E-state index is 12.6. The number of anilines is 2. The summed E-state index contributed by atoms with van der Waals surface area (Å²) in [5, 5.41) is 10.9. The van der Waals surface area contributed by atoms with E-state index in [0.29, 0.717) is 21.4 Å². The predicted molar refractivity (Wildman–Crippen MR) is 163 cm³/mol. The molecule has 0 aromatic heterocycles. The van der Waals surface area contributed by atoms with Crippen molar-refractivity contribution in [2.45, 2.75) is 20.0 Å². The van der Waals surface area contributed by atoms with Crippen molar-refractivity contribution < 1.29 is 19.1 Å². The van der Waals surface area contributed by atoms with E-state index in [1.54, 1.807) is 60.7 Å². The van der Waals surface area contributed by atoms with Crippen molar-refractivity contribution >= 4 is 116 Å². The number of amides is 4. The van der Waals surface area contributed by atoms with Crippen LogP contribution in [0.15, 0.2) is 72.8 Å². The first-order chi connectivity index (χ1) is 18.7. The van der Waals surface area contributed by atoms with Gasteiger partial charge in [-0.15, -0.1) is 0 Å². The molecule has 0 saturated heterocycles. The Balaban J connectivity index is 1.74. The Morgan fingerprint density at radius 1 is 0.575 bits per heavy atom. The highest BCUT2D eigenvalue weighted by molar-refractivity contribution is 6.68. The molecule has 0 bridgehead atoms. The van der Waals surface area contributed by atoms with Crippen LogP contribution in [0, 0.1) is 0 Å². The Labute approximate surface area is 269 Å². The highest BCUT2D eigenvalue weighted by Crippen LogP contribution is 2.38. The number of hydrogen-bond acceptors (Lipinski definition) is 4. The van der Waals surface area contributed by atoms with E-state index in [4.69, 9.17) is 102 Å². The fourth-order valence-corrected chi connectivity index (χ4v) is 3.74. The van der Waals surface area contributed by atoms with Gasteiger partial charge in [0.1, 0.15) is 0 Å². The molecule has 4 amide bonds. The quantitative estimate of drug-likeness (QED) is 0.139. The first-order valence-electron chi connectivity index (χ1n) is 10.9. The number of nitrogens with one attached hydrogen (secondary N) is 4. The lowest BCUT2D eigenvalue weighted by molar-refractivity contribution is 0.140. The average molecular weight is 710 g/mol. The molecule has 0 fully saturated rings. The molecular weight excluding hydrogens is 692 g/mol. The van der Waals surface area contributed by atoms with Gasteiger partial charge in [0, 0.05) is 21.4 Å². The smallest absolute Gasteiger partial charge is 0.322 e. The van der Waals surface area contributed by atoms with Crippen LogP contribution in [0.1, 0.15) is 0 Å². The molecular formula is C24H18Cl8N4O4. The van der Waals surface area contributed by atoms with E-state index in [9.17, 15) is 9.59 Å². The molecule has 0 aliphatic carbocycles. The van der Waals surface area contributed by atoms with Crippen LogP contribution >= 0.6 is 92.8 Å². The van der Waals surface area contributed by atoms with Crippen LogP contribution < -0.4 is 30.7 Å². The molecule has 0 saturated carbocycles. The second-order valence-corrected chi connectivity index (χ2v) is 13.3. The number of rotatable bonds is 8. The number of para-hydroxylation sites is 2. The van der Waals surface area contributed by atoms with Gasteiger partial charge in [0.05, 0.1) is 0 Å². The Bertz CT molecular complexity index is 1200. The molecule has 3 rings (SSSR count). The van der Waals surface area contributed by atoms with E-state index in [1.807, 2.05) is 0 Å². The zero-order chi connectivity index (χ0) is 29.5. The monoisotopic (exact) mass is 706 g/mol. The van der Waals surface area contributed by atoms with E-state index in [2.05, 4.69) is 21.3 Å². The molecule has 3 aromatic rings. The van der Waals surface area contributed by atoms with Gasteiger partial charge in [-0.05, 0) is 60.7 Å². The molecule has 0 aliphatic heterocycles. The zero-order valence-electron chi connectivity index (χ0n) is 19.7. The Hall–Kier alpha value is -1.88. The summed E-state index contributed by atoms with van der Waals surface area (Å²) >= 11 is 48.2. The number of alkyl halides is 6. The van der Waals surface area contributed by atoms with Gasteiger partial charge >= 0.3 is 12.1 Å². The van der Waals surface area contributed by atoms with E-state index < -0.39 is 32.1 Å². The SMILES string of the molecule is O=C(Nc1ccc(Cl)cc1)N[C@H](Oc1ccccc1O[C@@H](NC(=O)Nc1ccc(Cl)cc1)C(Cl)(Cl)Cl)C(Cl)(Cl)Cl. The van der Waals surface area contributed by atoms with Crippen molar-refractivity contribution in [3.8, 4) is 11.5 Å². The summed E-state index contributed by atoms with van der Waals surface area (Å²) in [5.41, 5.74) is 0.837. The molecule has 214 valence electrons. The van der Waals surface area contributed by atoms with E-state index in [1.165, 1.54) is 12.1 Å². The highest BCUT2D eigenvalue weighted by Gasteiger charge is 2.39. The molecule has 2 atom stereocenters. The number of urea groups is 2. The van der Waals surface area contributed by atoms with Gasteiger partial charge in [0.15, 0.2) is 11.5 Å². The summed E-state index contributed by atoms with van der Waals surface area (Å²) in [6.07, 6.45) is -3.05. The number of hydrogen-bond donors (Lipinski definition) is 4. The lowest BCUT2D eigenvalue weighted by atomic mass is 10.3. The average Bonchev–Trinajstić information content (AvgIpc) is 2.86. The van der Waals surface area contributed by atoms with E-state index in [-0.39, 0.29) is 11.5 Å². The molecule has 0 unspecified atom stereocenters. The molecule has 0 aliphatic rings. The van der Waals surface area contributed by atoms with Crippen LogP contribution in [0.3, 0.4) is 0 Å². The molecule has 3 aromatic carbocycles. The summed E-state index contributed by atoms with van der Waals surface area (Å²) in [6.45, 7) is 0. The zero-order valence-corrected chi connectivity index (χ0v) is 25.8. The normalized spacial score (nSPS) is 13.0. The fourth-order valence-electron chi connectivity index (χ4n) is 2.89. The number of carbonyl (C=O) groups is 2. The summed E-state index contributed by atoms with van der Waals surface area (Å²) in [5.74, 6) is -0.0467. The minimum absolute atomic E-state index is 0.0234. The van der Waals surface area contributed by atoms with Gasteiger partial charge < -0.3 is 20.1 Å². The third kappa shape index (κ3) is 10.5. The summed E-state index contributed by atoms with van der Waals surface area (Å²) in [4.78, 5) is 25.1. The number of halogens is 8. The predicted octanol–water partition coefficient (Wildman–Crippen LogP) is 8.79. The van der Waals surface area contributed by atoms with Crippen LogP contribution in [-0.2, 0) is 0 Å². The largest absolute Gasteiger partial charge is 0.462 e. The standard InChI is InChI=1S/C24H18Cl8N4O4/c25-13-5-9-15(10-6-13)33-21(37)35-19(23(27,28)29)39-17-3-1-2-4-18(17)40-20(24(30,31)32)36-22(38)34-16-11-7-14(26)8-12-16/h1-12,19-20H,(H2,33,35,37)(H2,34,36,38)/t19-,20-/m1/s1. The van der Waals surface area contributed by atoms with Crippen LogP contribution in [-0.4, -0.2) is 32.1 Å². The summed E-state index contributed by atoms with van der Waals surface area (Å²) in [7, 11) is 0. The molecule has 8 nitrogen and oxygen atoms in total. The van der Waals surface area contributed by atoms with Crippen LogP contribution in [0.25, 0.3) is 0 Å². The second kappa shape index (κ2) is 14.3. The minimum Gasteiger partial charge on any atom is -0.462 e. The maximum atomic E-state index is 12.6. The molecule has 0 spiro atoms. The van der Waals surface area contributed by atoms with Crippen LogP contribution in [0.5, 0.6) is 11.5 Å². The van der Waals surface area contributed by atoms with Crippen molar-refractivity contribution in [3.63, 3.8) is 0 Å². The van der Waals surface area contributed by atoms with Crippen molar-refractivity contribution in [2.75, 3.05) is 10.6 Å². The third-order valence-electron chi connectivity index (χ3n) is 4.66. The van der Waals surface area contributed by atoms with Crippen LogP contribution in [0.2, 0.25) is 10.0 Å². The van der Waals surface area contributed by atoms with E-state index in [0.717, 1.165) is 0 Å². The number of carbonyl (C=O) groups excluding carboxylic acids is 2. The number of benzene rings is 3. The van der Waals surface area contributed by atoms with Gasteiger partial charge in [-0.25, -0.2) is 9.59 Å². The van der Waals surface area contributed by atoms with Crippen LogP contribution in [0.4, 0.5) is 21.0 Å². The van der Waals surface area contributed by atoms with E-state index >= 15 is 0 Å². The van der Waals surface area contributed by atoms with Gasteiger partial charge in [-0.2, -0.15) is 0 Å². The Morgan fingerprint density at radius 2 is 0.900 bits per heavy atom. The lowest BCUT2D eigenvalue weighted by Crippen LogP contribution is -2.50. The second-order valence-electron chi connectivity index (χ2n) is 7.74. The van der Waals surface area contributed by atoms with Gasteiger partial charge in [0.2, 0.25) is 20.0 Å². The maximum Gasteiger partial charge on any atom is 0.322 e. The van der Waals surface area contributed by atoms with Crippen molar-refractivity contribution in [2.24, 2.45) is 0 Å². The molecule has 40 heavy (non-hydrogen) atoms. The van der Waals surface area contributed by atoms with Crippen molar-refractivity contribution in [1.29, 1.82) is 0 Å². The summed E-state index contributed by atoms with van der Waals surface area (Å²) < 4.78 is 7.27. The third-order valence-corrected chi connectivity index (χ3v) is 6.36. The Kier molecular flexibility index (Phi) is 11.7. The molecule has 16 heteroatoms. The van der Waals surface area contributed by atoms with Gasteiger partial charge in [-0.3, -0.25) is 10.6 Å². The topological polar surface area (TPSA) is 101 Å². The Morgan fingerprint density at radius 3 is 1.20 bits per heavy atom. The fraction of sp³-hybridized carbons (Fsp3) is 0.167.